The Bertz CT molecular complexity index is 1100. The molecule has 0 aliphatic rings. The van der Waals surface area contributed by atoms with Gasteiger partial charge in [0, 0.05) is 26.7 Å². The highest BCUT2D eigenvalue weighted by Gasteiger charge is 2.10. The molecule has 0 heterocycles. The summed E-state index contributed by atoms with van der Waals surface area (Å²) < 4.78 is 7.13. The van der Waals surface area contributed by atoms with Crippen LogP contribution < -0.4 is 4.90 Å². The molecule has 3 rings (SSSR count). The van der Waals surface area contributed by atoms with Gasteiger partial charge in [-0.3, -0.25) is 4.79 Å². The van der Waals surface area contributed by atoms with Crippen LogP contribution in [-0.4, -0.2) is 32.0 Å². The Morgan fingerprint density at radius 1 is 1.00 bits per heavy atom. The van der Waals surface area contributed by atoms with Crippen molar-refractivity contribution in [1.29, 1.82) is 0 Å². The van der Waals surface area contributed by atoms with Crippen LogP contribution in [0.2, 0.25) is 0 Å². The van der Waals surface area contributed by atoms with Crippen LogP contribution in [0.25, 0.3) is 0 Å². The van der Waals surface area contributed by atoms with Crippen molar-refractivity contribution < 1.29 is 14.3 Å². The molecule has 0 spiro atoms. The number of aldehydes is 1. The fourth-order valence-electron chi connectivity index (χ4n) is 2.89. The third kappa shape index (κ3) is 6.58. The Kier molecular flexibility index (Phi) is 8.70. The number of halogens is 2. The SMILES string of the molecule is CCN(CCOC(=O)c1ccc(Br)cc1)c1ccc(N=Nc2ccc(C=O)cc2)c(Br)c1. The molecule has 0 fully saturated rings. The Labute approximate surface area is 203 Å². The quantitative estimate of drug-likeness (QED) is 0.159. The van der Waals surface area contributed by atoms with Gasteiger partial charge < -0.3 is 9.64 Å². The first kappa shape index (κ1) is 23.8. The molecule has 0 aliphatic carbocycles. The van der Waals surface area contributed by atoms with Gasteiger partial charge in [0.1, 0.15) is 12.9 Å². The highest BCUT2D eigenvalue weighted by molar-refractivity contribution is 9.10. The second kappa shape index (κ2) is 11.7. The van der Waals surface area contributed by atoms with Crippen LogP contribution in [0.4, 0.5) is 17.1 Å². The van der Waals surface area contributed by atoms with Gasteiger partial charge in [-0.15, -0.1) is 5.11 Å². The minimum absolute atomic E-state index is 0.276. The van der Waals surface area contributed by atoms with Crippen molar-refractivity contribution in [2.75, 3.05) is 24.6 Å². The van der Waals surface area contributed by atoms with Crippen molar-refractivity contribution in [3.05, 3.63) is 86.8 Å². The summed E-state index contributed by atoms with van der Waals surface area (Å²) in [5, 5.41) is 8.50. The molecule has 0 amide bonds. The topological polar surface area (TPSA) is 71.3 Å². The molecule has 0 saturated carbocycles. The number of anilines is 1. The van der Waals surface area contributed by atoms with Crippen LogP contribution in [0.15, 0.2) is 85.9 Å². The molecule has 6 nitrogen and oxygen atoms in total. The zero-order chi connectivity index (χ0) is 22.9. The van der Waals surface area contributed by atoms with Crippen LogP contribution >= 0.6 is 31.9 Å². The second-order valence-electron chi connectivity index (χ2n) is 6.77. The molecule has 0 radical (unpaired) electrons. The van der Waals surface area contributed by atoms with Crippen molar-refractivity contribution in [3.63, 3.8) is 0 Å². The number of hydrogen-bond donors (Lipinski definition) is 0. The Hall–Kier alpha value is -2.84. The van der Waals surface area contributed by atoms with E-state index in [0.717, 1.165) is 27.5 Å². The van der Waals surface area contributed by atoms with Crippen molar-refractivity contribution in [3.8, 4) is 0 Å². The van der Waals surface area contributed by atoms with Gasteiger partial charge in [0.25, 0.3) is 0 Å². The van der Waals surface area contributed by atoms with Crippen LogP contribution in [0, 0.1) is 0 Å². The summed E-state index contributed by atoms with van der Waals surface area (Å²) in [6.07, 6.45) is 0.789. The lowest BCUT2D eigenvalue weighted by atomic mass is 10.2. The van der Waals surface area contributed by atoms with E-state index in [1.54, 1.807) is 36.4 Å². The lowest BCUT2D eigenvalue weighted by Crippen LogP contribution is -2.28. The minimum Gasteiger partial charge on any atom is -0.460 e. The van der Waals surface area contributed by atoms with Gasteiger partial charge in [-0.05, 0) is 89.6 Å². The molecule has 164 valence electrons. The van der Waals surface area contributed by atoms with Crippen molar-refractivity contribution in [1.82, 2.24) is 0 Å². The maximum atomic E-state index is 12.2. The number of azo groups is 1. The van der Waals surface area contributed by atoms with E-state index >= 15 is 0 Å². The van der Waals surface area contributed by atoms with Gasteiger partial charge in [0.15, 0.2) is 0 Å². The standard InChI is InChI=1S/C24H21Br2N3O3/c1-2-29(13-14-32-24(31)18-5-7-19(25)8-6-18)21-11-12-23(22(26)15-21)28-27-20-9-3-17(16-30)4-10-20/h3-12,15-16H,2,13-14H2,1H3. The Morgan fingerprint density at radius 2 is 1.72 bits per heavy atom. The molecule has 3 aromatic rings. The zero-order valence-corrected chi connectivity index (χ0v) is 20.5. The van der Waals surface area contributed by atoms with Crippen molar-refractivity contribution in [2.24, 2.45) is 10.2 Å². The molecule has 0 saturated heterocycles. The van der Waals surface area contributed by atoms with Gasteiger partial charge in [-0.2, -0.15) is 5.11 Å². The van der Waals surface area contributed by atoms with Gasteiger partial charge in [0.2, 0.25) is 0 Å². The first-order valence-corrected chi connectivity index (χ1v) is 11.5. The van der Waals surface area contributed by atoms with E-state index < -0.39 is 0 Å². The number of carbonyl (C=O) groups excluding carboxylic acids is 2. The summed E-state index contributed by atoms with van der Waals surface area (Å²) in [5.74, 6) is -0.341. The van der Waals surface area contributed by atoms with E-state index in [-0.39, 0.29) is 12.6 Å². The zero-order valence-electron chi connectivity index (χ0n) is 17.4. The number of esters is 1. The molecule has 3 aromatic carbocycles. The maximum absolute atomic E-state index is 12.2. The normalized spacial score (nSPS) is 10.8. The highest BCUT2D eigenvalue weighted by Crippen LogP contribution is 2.31. The van der Waals surface area contributed by atoms with Gasteiger partial charge in [-0.25, -0.2) is 4.79 Å². The number of nitrogens with zero attached hydrogens (tertiary/aromatic N) is 3. The third-order valence-corrected chi connectivity index (χ3v) is 5.82. The molecule has 0 aromatic heterocycles. The highest BCUT2D eigenvalue weighted by atomic mass is 79.9. The number of likely N-dealkylation sites (N-methyl/N-ethyl adjacent to an activating group) is 1. The lowest BCUT2D eigenvalue weighted by molar-refractivity contribution is 0.0515. The molecule has 32 heavy (non-hydrogen) atoms. The number of hydrogen-bond acceptors (Lipinski definition) is 6. The molecule has 8 heteroatoms. The molecular weight excluding hydrogens is 538 g/mol. The third-order valence-electron chi connectivity index (χ3n) is 4.65. The maximum Gasteiger partial charge on any atom is 0.338 e. The average molecular weight is 559 g/mol. The summed E-state index contributed by atoms with van der Waals surface area (Å²) in [6.45, 7) is 3.64. The monoisotopic (exact) mass is 557 g/mol. The number of rotatable bonds is 9. The van der Waals surface area contributed by atoms with Crippen LogP contribution in [0.1, 0.15) is 27.6 Å². The first-order valence-electron chi connectivity index (χ1n) is 9.94. The minimum atomic E-state index is -0.341. The molecule has 0 unspecified atom stereocenters. The van der Waals surface area contributed by atoms with E-state index in [9.17, 15) is 9.59 Å². The Balaban J connectivity index is 1.59. The molecule has 0 aliphatic heterocycles. The summed E-state index contributed by atoms with van der Waals surface area (Å²) in [5.41, 5.74) is 3.44. The average Bonchev–Trinajstić information content (AvgIpc) is 2.81. The van der Waals surface area contributed by atoms with E-state index in [1.807, 2.05) is 37.3 Å². The molecule has 0 N–H and O–H groups in total. The van der Waals surface area contributed by atoms with Crippen molar-refractivity contribution in [2.45, 2.75) is 6.92 Å². The number of carbonyl (C=O) groups is 2. The predicted molar refractivity (Wildman–Crippen MR) is 132 cm³/mol. The van der Waals surface area contributed by atoms with E-state index in [2.05, 4.69) is 47.0 Å². The lowest BCUT2D eigenvalue weighted by Gasteiger charge is -2.23. The van der Waals surface area contributed by atoms with E-state index in [4.69, 9.17) is 4.74 Å². The summed E-state index contributed by atoms with van der Waals surface area (Å²) >= 11 is 6.91. The number of ether oxygens (including phenoxy) is 1. The number of benzene rings is 3. The smallest absolute Gasteiger partial charge is 0.338 e. The second-order valence-corrected chi connectivity index (χ2v) is 8.54. The van der Waals surface area contributed by atoms with Gasteiger partial charge in [-0.1, -0.05) is 15.9 Å². The molecule has 0 atom stereocenters. The van der Waals surface area contributed by atoms with Gasteiger partial charge >= 0.3 is 5.97 Å². The summed E-state index contributed by atoms with van der Waals surface area (Å²) in [6, 6.07) is 19.7. The largest absolute Gasteiger partial charge is 0.460 e. The molecular formula is C24H21Br2N3O3. The summed E-state index contributed by atoms with van der Waals surface area (Å²) in [7, 11) is 0. The fourth-order valence-corrected chi connectivity index (χ4v) is 3.60. The van der Waals surface area contributed by atoms with Crippen LogP contribution in [0.3, 0.4) is 0 Å². The Morgan fingerprint density at radius 3 is 2.34 bits per heavy atom. The molecule has 0 bridgehead atoms. The summed E-state index contributed by atoms with van der Waals surface area (Å²) in [4.78, 5) is 25.0. The van der Waals surface area contributed by atoms with Crippen LogP contribution in [-0.2, 0) is 4.74 Å². The van der Waals surface area contributed by atoms with Crippen LogP contribution in [0.5, 0.6) is 0 Å². The van der Waals surface area contributed by atoms with Gasteiger partial charge in [0.05, 0.1) is 23.5 Å². The predicted octanol–water partition coefficient (Wildman–Crippen LogP) is 7.12. The fraction of sp³-hybridized carbons (Fsp3) is 0.167. The van der Waals surface area contributed by atoms with E-state index in [0.29, 0.717) is 29.0 Å². The van der Waals surface area contributed by atoms with E-state index in [1.165, 1.54) is 0 Å². The van der Waals surface area contributed by atoms with Crippen molar-refractivity contribution >= 4 is 61.2 Å². The first-order chi connectivity index (χ1) is 15.5.